The molecule has 0 radical (unpaired) electrons. The summed E-state index contributed by atoms with van der Waals surface area (Å²) in [6, 6.07) is 3.43. The fourth-order valence-electron chi connectivity index (χ4n) is 2.43. The zero-order valence-corrected chi connectivity index (χ0v) is 11.4. The van der Waals surface area contributed by atoms with Crippen LogP contribution in [0.4, 0.5) is 4.39 Å². The van der Waals surface area contributed by atoms with E-state index in [0.717, 1.165) is 38.2 Å². The largest absolute Gasteiger partial charge is 0.507 e. The van der Waals surface area contributed by atoms with Gasteiger partial charge in [0.25, 0.3) is 5.91 Å². The van der Waals surface area contributed by atoms with Crippen LogP contribution < -0.4 is 5.73 Å². The third kappa shape index (κ3) is 3.46. The van der Waals surface area contributed by atoms with Crippen LogP contribution >= 0.6 is 0 Å². The number of carbonyl (C=O) groups is 1. The minimum atomic E-state index is -0.522. The van der Waals surface area contributed by atoms with E-state index in [9.17, 15) is 14.3 Å². The second kappa shape index (κ2) is 6.67. The van der Waals surface area contributed by atoms with Crippen molar-refractivity contribution in [3.63, 3.8) is 0 Å². The summed E-state index contributed by atoms with van der Waals surface area (Å²) >= 11 is 0. The Balaban J connectivity index is 2.07. The molecule has 5 nitrogen and oxygen atoms in total. The molecule has 1 aliphatic heterocycles. The number of nitrogens with two attached hydrogens (primary N) is 1. The summed E-state index contributed by atoms with van der Waals surface area (Å²) < 4.78 is 13.2. The van der Waals surface area contributed by atoms with E-state index in [1.807, 2.05) is 0 Å². The average molecular weight is 281 g/mol. The summed E-state index contributed by atoms with van der Waals surface area (Å²) in [4.78, 5) is 16.2. The predicted octanol–water partition coefficient (Wildman–Crippen LogP) is 0.638. The molecule has 0 bridgehead atoms. The highest BCUT2D eigenvalue weighted by Crippen LogP contribution is 2.20. The first-order valence-electron chi connectivity index (χ1n) is 6.82. The van der Waals surface area contributed by atoms with Crippen molar-refractivity contribution in [1.29, 1.82) is 0 Å². The number of amides is 1. The Bertz CT molecular complexity index is 481. The Morgan fingerprint density at radius 3 is 2.85 bits per heavy atom. The van der Waals surface area contributed by atoms with Gasteiger partial charge in [-0.2, -0.15) is 0 Å². The lowest BCUT2D eigenvalue weighted by Crippen LogP contribution is -2.36. The van der Waals surface area contributed by atoms with E-state index < -0.39 is 5.82 Å². The van der Waals surface area contributed by atoms with Gasteiger partial charge in [-0.15, -0.1) is 0 Å². The summed E-state index contributed by atoms with van der Waals surface area (Å²) in [6.07, 6.45) is 0.849. The number of hydrogen-bond acceptors (Lipinski definition) is 4. The normalized spacial score (nSPS) is 17.0. The first kappa shape index (κ1) is 14.7. The van der Waals surface area contributed by atoms with Crippen LogP contribution in [-0.2, 0) is 0 Å². The number of aromatic hydroxyl groups is 1. The first-order valence-corrected chi connectivity index (χ1v) is 6.82. The maximum absolute atomic E-state index is 13.2. The van der Waals surface area contributed by atoms with Crippen molar-refractivity contribution in [3.8, 4) is 5.75 Å². The van der Waals surface area contributed by atoms with Gasteiger partial charge in [-0.05, 0) is 31.2 Å². The second-order valence-corrected chi connectivity index (χ2v) is 4.94. The van der Waals surface area contributed by atoms with Gasteiger partial charge >= 0.3 is 0 Å². The predicted molar refractivity (Wildman–Crippen MR) is 74.1 cm³/mol. The third-order valence-corrected chi connectivity index (χ3v) is 3.51. The van der Waals surface area contributed by atoms with Crippen LogP contribution in [0.3, 0.4) is 0 Å². The van der Waals surface area contributed by atoms with Crippen molar-refractivity contribution >= 4 is 5.91 Å². The molecule has 1 aromatic rings. The molecule has 0 spiro atoms. The average Bonchev–Trinajstić information content (AvgIpc) is 2.67. The monoisotopic (exact) mass is 281 g/mol. The van der Waals surface area contributed by atoms with Gasteiger partial charge in [0, 0.05) is 32.7 Å². The topological polar surface area (TPSA) is 69.8 Å². The van der Waals surface area contributed by atoms with Crippen LogP contribution in [0.25, 0.3) is 0 Å². The SMILES string of the molecule is NCCN1CCCN(C(=O)c2cc(F)ccc2O)CC1. The molecule has 1 heterocycles. The molecule has 110 valence electrons. The molecule has 3 N–H and O–H groups in total. The van der Waals surface area contributed by atoms with E-state index in [2.05, 4.69) is 4.90 Å². The lowest BCUT2D eigenvalue weighted by Gasteiger charge is -2.22. The number of phenols is 1. The number of nitrogens with zero attached hydrogens (tertiary/aromatic N) is 2. The van der Waals surface area contributed by atoms with Crippen molar-refractivity contribution in [2.24, 2.45) is 5.73 Å². The molecule has 1 aliphatic rings. The van der Waals surface area contributed by atoms with Gasteiger partial charge in [-0.25, -0.2) is 4.39 Å². The molecule has 6 heteroatoms. The lowest BCUT2D eigenvalue weighted by atomic mass is 10.1. The minimum absolute atomic E-state index is 0.0253. The number of hydrogen-bond donors (Lipinski definition) is 2. The van der Waals surface area contributed by atoms with Crippen molar-refractivity contribution in [2.45, 2.75) is 6.42 Å². The van der Waals surface area contributed by atoms with E-state index in [-0.39, 0.29) is 17.2 Å². The van der Waals surface area contributed by atoms with E-state index >= 15 is 0 Å². The molecule has 0 unspecified atom stereocenters. The summed E-state index contributed by atoms with van der Waals surface area (Å²) in [7, 11) is 0. The lowest BCUT2D eigenvalue weighted by molar-refractivity contribution is 0.0758. The van der Waals surface area contributed by atoms with Crippen molar-refractivity contribution in [1.82, 2.24) is 9.80 Å². The molecule has 0 saturated carbocycles. The van der Waals surface area contributed by atoms with Crippen molar-refractivity contribution < 1.29 is 14.3 Å². The molecule has 1 fully saturated rings. The fourth-order valence-corrected chi connectivity index (χ4v) is 2.43. The Morgan fingerprint density at radius 1 is 1.30 bits per heavy atom. The maximum Gasteiger partial charge on any atom is 0.257 e. The molecule has 1 amide bonds. The Morgan fingerprint density at radius 2 is 2.10 bits per heavy atom. The van der Waals surface area contributed by atoms with E-state index in [0.29, 0.717) is 19.6 Å². The highest BCUT2D eigenvalue weighted by atomic mass is 19.1. The van der Waals surface area contributed by atoms with E-state index in [1.165, 1.54) is 6.07 Å². The molecule has 0 aromatic heterocycles. The van der Waals surface area contributed by atoms with Gasteiger partial charge in [0.2, 0.25) is 0 Å². The number of benzene rings is 1. The Kier molecular flexibility index (Phi) is 4.92. The van der Waals surface area contributed by atoms with Crippen molar-refractivity contribution in [2.75, 3.05) is 39.3 Å². The number of carbonyl (C=O) groups excluding carboxylic acids is 1. The zero-order valence-electron chi connectivity index (χ0n) is 11.4. The zero-order chi connectivity index (χ0) is 14.5. The summed E-state index contributed by atoms with van der Waals surface area (Å²) in [5.41, 5.74) is 5.56. The van der Waals surface area contributed by atoms with Gasteiger partial charge in [0.1, 0.15) is 11.6 Å². The molecule has 1 saturated heterocycles. The Hall–Kier alpha value is -1.66. The summed E-state index contributed by atoms with van der Waals surface area (Å²) in [5.74, 6) is -1.03. The van der Waals surface area contributed by atoms with Gasteiger partial charge in [-0.1, -0.05) is 0 Å². The summed E-state index contributed by atoms with van der Waals surface area (Å²) in [5, 5.41) is 9.70. The van der Waals surface area contributed by atoms with Crippen LogP contribution in [0.2, 0.25) is 0 Å². The number of phenolic OH excluding ortho intramolecular Hbond substituents is 1. The summed E-state index contributed by atoms with van der Waals surface area (Å²) in [6.45, 7) is 4.23. The minimum Gasteiger partial charge on any atom is -0.507 e. The standard InChI is InChI=1S/C14H20FN3O2/c15-11-2-3-13(19)12(10-11)14(20)18-6-1-5-17(7-4-16)8-9-18/h2-3,10,19H,1,4-9,16H2. The molecule has 0 atom stereocenters. The molecule has 2 rings (SSSR count). The van der Waals surface area contributed by atoms with E-state index in [4.69, 9.17) is 5.73 Å². The van der Waals surface area contributed by atoms with Gasteiger partial charge < -0.3 is 20.6 Å². The van der Waals surface area contributed by atoms with Gasteiger partial charge in [-0.3, -0.25) is 4.79 Å². The Labute approximate surface area is 117 Å². The molecule has 0 aliphatic carbocycles. The highest BCUT2D eigenvalue weighted by Gasteiger charge is 2.22. The molecular weight excluding hydrogens is 261 g/mol. The van der Waals surface area contributed by atoms with Gasteiger partial charge in [0.05, 0.1) is 5.56 Å². The third-order valence-electron chi connectivity index (χ3n) is 3.51. The highest BCUT2D eigenvalue weighted by molar-refractivity contribution is 5.96. The fraction of sp³-hybridized carbons (Fsp3) is 0.500. The first-order chi connectivity index (χ1) is 9.61. The second-order valence-electron chi connectivity index (χ2n) is 4.94. The van der Waals surface area contributed by atoms with Crippen molar-refractivity contribution in [3.05, 3.63) is 29.6 Å². The van der Waals surface area contributed by atoms with E-state index in [1.54, 1.807) is 4.90 Å². The number of rotatable bonds is 3. The van der Waals surface area contributed by atoms with Crippen LogP contribution in [0.15, 0.2) is 18.2 Å². The quantitative estimate of drug-likeness (QED) is 0.853. The molecular formula is C14H20FN3O2. The van der Waals surface area contributed by atoms with Crippen LogP contribution in [0, 0.1) is 5.82 Å². The van der Waals surface area contributed by atoms with Gasteiger partial charge in [0.15, 0.2) is 0 Å². The maximum atomic E-state index is 13.2. The smallest absolute Gasteiger partial charge is 0.257 e. The van der Waals surface area contributed by atoms with Crippen LogP contribution in [0.1, 0.15) is 16.8 Å². The molecule has 1 aromatic carbocycles. The van der Waals surface area contributed by atoms with Crippen LogP contribution in [-0.4, -0.2) is 60.1 Å². The number of halogens is 1. The molecule has 20 heavy (non-hydrogen) atoms. The van der Waals surface area contributed by atoms with Crippen LogP contribution in [0.5, 0.6) is 5.75 Å².